The van der Waals surface area contributed by atoms with Crippen molar-refractivity contribution in [3.05, 3.63) is 0 Å². The molecule has 4 fully saturated rings. The lowest BCUT2D eigenvalue weighted by molar-refractivity contribution is -0.172. The first kappa shape index (κ1) is 37.9. The van der Waals surface area contributed by atoms with Gasteiger partial charge in [0.25, 0.3) is 0 Å². The number of rotatable bonds is 8. The Bertz CT molecular complexity index is 988. The second-order valence-electron chi connectivity index (χ2n) is 13.7. The van der Waals surface area contributed by atoms with Crippen molar-refractivity contribution in [1.82, 2.24) is 9.80 Å². The van der Waals surface area contributed by atoms with Crippen LogP contribution in [0, 0.1) is 17.8 Å². The van der Waals surface area contributed by atoms with Crippen LogP contribution in [0.2, 0.25) is 0 Å². The highest BCUT2D eigenvalue weighted by Crippen LogP contribution is 2.36. The maximum absolute atomic E-state index is 13.7. The molecule has 2 saturated carbocycles. The van der Waals surface area contributed by atoms with Gasteiger partial charge >= 0.3 is 11.9 Å². The second kappa shape index (κ2) is 19.4. The number of esters is 2. The van der Waals surface area contributed by atoms with Gasteiger partial charge in [-0.15, -0.1) is 0 Å². The number of amides is 1. The molecule has 2 aliphatic heterocycles. The van der Waals surface area contributed by atoms with E-state index in [1.807, 2.05) is 0 Å². The first-order valence-electron chi connectivity index (χ1n) is 17.6. The number of hydrogen-bond acceptors (Lipinski definition) is 12. The van der Waals surface area contributed by atoms with Gasteiger partial charge in [0, 0.05) is 67.6 Å². The van der Waals surface area contributed by atoms with Crippen LogP contribution in [0.5, 0.6) is 0 Å². The average Bonchev–Trinajstić information content (AvgIpc) is 3.30. The van der Waals surface area contributed by atoms with Gasteiger partial charge in [-0.05, 0) is 76.8 Å². The number of fused-ring (bicyclic) bond motifs is 5. The minimum Gasteiger partial charge on any atom is -0.465 e. The number of nitrogens with two attached hydrogens (primary N) is 1. The van der Waals surface area contributed by atoms with E-state index in [9.17, 15) is 14.4 Å². The number of carbonyl (C=O) groups excluding carboxylic acids is 3. The predicted octanol–water partition coefficient (Wildman–Crippen LogP) is 1.78. The van der Waals surface area contributed by atoms with Crippen LogP contribution in [0.4, 0.5) is 0 Å². The molecule has 11 unspecified atom stereocenters. The number of methoxy groups -OCH3 is 4. The molecule has 0 aromatic heterocycles. The summed E-state index contributed by atoms with van der Waals surface area (Å²) in [4.78, 5) is 43.5. The number of cyclic esters (lactones) is 1. The van der Waals surface area contributed by atoms with Crippen LogP contribution in [0.3, 0.4) is 0 Å². The fraction of sp³-hybridized carbons (Fsp3) is 0.912. The molecule has 0 aromatic rings. The normalized spacial score (nSPS) is 38.2. The van der Waals surface area contributed by atoms with E-state index in [1.54, 1.807) is 28.4 Å². The number of ether oxygens (including phenoxy) is 7. The molecule has 13 heteroatoms. The Hall–Kier alpha value is -1.87. The van der Waals surface area contributed by atoms with Crippen molar-refractivity contribution in [3.8, 4) is 0 Å². The number of hydrogen-bond donors (Lipinski definition) is 1. The zero-order valence-electron chi connectivity index (χ0n) is 29.0. The topological polar surface area (TPSA) is 148 Å². The van der Waals surface area contributed by atoms with Crippen molar-refractivity contribution in [2.24, 2.45) is 23.5 Å². The van der Waals surface area contributed by atoms with Crippen LogP contribution in [-0.2, 0) is 47.5 Å². The molecule has 4 rings (SSSR count). The molecule has 2 aliphatic carbocycles. The van der Waals surface area contributed by atoms with Crippen molar-refractivity contribution < 1.29 is 47.5 Å². The third kappa shape index (κ3) is 11.1. The standard InChI is InChI=1S/C34H59N3O10/c1-41-27-19-24(18-23(22-30(35)38)31(27)43-3)34(40)47-26-8-5-16-45-29-21-25(20-28(42-2)32(29)44-4)33(39)46-17-7-12-36-10-6-11-37(13-9-26)15-14-36/h23-29,31-32H,5-22H2,1-4H3,(H2,35,38). The number of nitrogens with zero attached hydrogens (tertiary/aromatic N) is 2. The van der Waals surface area contributed by atoms with E-state index in [4.69, 9.17) is 38.9 Å². The van der Waals surface area contributed by atoms with Crippen LogP contribution in [0.15, 0.2) is 0 Å². The molecular weight excluding hydrogens is 610 g/mol. The zero-order chi connectivity index (χ0) is 33.8. The van der Waals surface area contributed by atoms with E-state index in [-0.39, 0.29) is 66.8 Å². The molecule has 1 amide bonds. The monoisotopic (exact) mass is 669 g/mol. The molecule has 4 aliphatic rings. The van der Waals surface area contributed by atoms with E-state index in [1.165, 1.54) is 0 Å². The second-order valence-corrected chi connectivity index (χ2v) is 13.7. The van der Waals surface area contributed by atoms with Crippen LogP contribution >= 0.6 is 0 Å². The van der Waals surface area contributed by atoms with Crippen molar-refractivity contribution in [2.45, 2.75) is 101 Å². The number of primary amides is 1. The molecule has 11 atom stereocenters. The summed E-state index contributed by atoms with van der Waals surface area (Å²) in [6.45, 7) is 6.44. The van der Waals surface area contributed by atoms with Gasteiger partial charge in [0.2, 0.25) is 5.91 Å². The summed E-state index contributed by atoms with van der Waals surface area (Å²) < 4.78 is 41.2. The summed E-state index contributed by atoms with van der Waals surface area (Å²) in [6, 6.07) is 0. The summed E-state index contributed by atoms with van der Waals surface area (Å²) in [7, 11) is 6.48. The van der Waals surface area contributed by atoms with Crippen LogP contribution in [0.25, 0.3) is 0 Å². The van der Waals surface area contributed by atoms with Gasteiger partial charge in [-0.25, -0.2) is 0 Å². The van der Waals surface area contributed by atoms with Crippen molar-refractivity contribution in [1.29, 1.82) is 0 Å². The lowest BCUT2D eigenvalue weighted by atomic mass is 9.76. The third-order valence-corrected chi connectivity index (χ3v) is 10.6. The Morgan fingerprint density at radius 2 is 1.45 bits per heavy atom. The van der Waals surface area contributed by atoms with Crippen LogP contribution in [0.1, 0.15) is 64.2 Å². The third-order valence-electron chi connectivity index (χ3n) is 10.6. The predicted molar refractivity (Wildman–Crippen MR) is 172 cm³/mol. The fourth-order valence-electron chi connectivity index (χ4n) is 8.04. The molecule has 0 radical (unpaired) electrons. The largest absolute Gasteiger partial charge is 0.465 e. The lowest BCUT2D eigenvalue weighted by Crippen LogP contribution is -2.49. The summed E-state index contributed by atoms with van der Waals surface area (Å²) in [5.41, 5.74) is 5.55. The van der Waals surface area contributed by atoms with Gasteiger partial charge in [-0.2, -0.15) is 0 Å². The summed E-state index contributed by atoms with van der Waals surface area (Å²) >= 11 is 0. The minimum atomic E-state index is -0.426. The van der Waals surface area contributed by atoms with Gasteiger partial charge < -0.3 is 48.7 Å². The highest BCUT2D eigenvalue weighted by atomic mass is 16.6. The first-order valence-corrected chi connectivity index (χ1v) is 17.6. The molecule has 0 spiro atoms. The van der Waals surface area contributed by atoms with E-state index in [2.05, 4.69) is 9.80 Å². The quantitative estimate of drug-likeness (QED) is 0.376. The van der Waals surface area contributed by atoms with E-state index >= 15 is 0 Å². The molecule has 2 saturated heterocycles. The molecule has 4 bridgehead atoms. The highest BCUT2D eigenvalue weighted by molar-refractivity contribution is 5.75. The Morgan fingerprint density at radius 1 is 0.766 bits per heavy atom. The Kier molecular flexibility index (Phi) is 15.6. The smallest absolute Gasteiger partial charge is 0.309 e. The summed E-state index contributed by atoms with van der Waals surface area (Å²) in [5.74, 6) is -1.85. The molecular formula is C34H59N3O10. The Labute approximate surface area is 280 Å². The van der Waals surface area contributed by atoms with Gasteiger partial charge in [0.05, 0.1) is 42.9 Å². The molecule has 2 heterocycles. The SMILES string of the molecule is COC1CC(C(=O)OC2CCCOC3CC(CC(OC)C3OC)C(=O)OCCCN3CCCN(CC2)CC3)CC(CC(N)=O)C1OC. The van der Waals surface area contributed by atoms with Crippen molar-refractivity contribution >= 4 is 17.8 Å². The summed E-state index contributed by atoms with van der Waals surface area (Å²) in [6.07, 6.45) is 4.15. The molecule has 270 valence electrons. The molecule has 0 aromatic carbocycles. The summed E-state index contributed by atoms with van der Waals surface area (Å²) in [5, 5.41) is 0. The van der Waals surface area contributed by atoms with Gasteiger partial charge in [-0.1, -0.05) is 0 Å². The van der Waals surface area contributed by atoms with Gasteiger partial charge in [0.15, 0.2) is 0 Å². The Balaban J connectivity index is 1.45. The van der Waals surface area contributed by atoms with Crippen molar-refractivity contribution in [3.63, 3.8) is 0 Å². The maximum Gasteiger partial charge on any atom is 0.309 e. The Morgan fingerprint density at radius 3 is 2.13 bits per heavy atom. The van der Waals surface area contributed by atoms with E-state index < -0.39 is 11.8 Å². The highest BCUT2D eigenvalue weighted by Gasteiger charge is 2.44. The fourth-order valence-corrected chi connectivity index (χ4v) is 8.04. The van der Waals surface area contributed by atoms with E-state index in [0.29, 0.717) is 51.7 Å². The zero-order valence-corrected chi connectivity index (χ0v) is 29.0. The first-order chi connectivity index (χ1) is 22.8. The molecule has 47 heavy (non-hydrogen) atoms. The minimum absolute atomic E-state index is 0.126. The molecule has 2 N–H and O–H groups in total. The van der Waals surface area contributed by atoms with Crippen molar-refractivity contribution in [2.75, 3.05) is 80.9 Å². The van der Waals surface area contributed by atoms with E-state index in [0.717, 1.165) is 58.5 Å². The average molecular weight is 670 g/mol. The van der Waals surface area contributed by atoms with Crippen LogP contribution in [-0.4, -0.2) is 145 Å². The van der Waals surface area contributed by atoms with Gasteiger partial charge in [0.1, 0.15) is 12.2 Å². The van der Waals surface area contributed by atoms with Gasteiger partial charge in [-0.3, -0.25) is 14.4 Å². The molecule has 13 nitrogen and oxygen atoms in total. The maximum atomic E-state index is 13.7. The lowest BCUT2D eigenvalue weighted by Gasteiger charge is -2.39. The van der Waals surface area contributed by atoms with Crippen LogP contribution < -0.4 is 5.73 Å². The number of carbonyl (C=O) groups is 3.